The highest BCUT2D eigenvalue weighted by Crippen LogP contribution is 2.20. The molecule has 4 heteroatoms. The van der Waals surface area contributed by atoms with Crippen LogP contribution in [0.25, 0.3) is 11.3 Å². The van der Waals surface area contributed by atoms with E-state index in [0.717, 1.165) is 23.7 Å². The van der Waals surface area contributed by atoms with Gasteiger partial charge in [0, 0.05) is 18.3 Å². The molecule has 2 aromatic heterocycles. The number of imidazole rings is 1. The van der Waals surface area contributed by atoms with E-state index in [1.54, 1.807) is 6.20 Å². The smallest absolute Gasteiger partial charge is 0.123 e. The quantitative estimate of drug-likeness (QED) is 0.742. The number of hydrogen-bond donors (Lipinski definition) is 1. The summed E-state index contributed by atoms with van der Waals surface area (Å²) in [6, 6.07) is 3.88. The van der Waals surface area contributed by atoms with Crippen LogP contribution in [0.15, 0.2) is 30.9 Å². The Bertz CT molecular complexity index is 545. The molecule has 0 amide bonds. The minimum Gasteiger partial charge on any atom is -0.384 e. The highest BCUT2D eigenvalue weighted by Gasteiger charge is 2.05. The fourth-order valence-corrected chi connectivity index (χ4v) is 2.54. The van der Waals surface area contributed by atoms with Gasteiger partial charge in [-0.2, -0.15) is 0 Å². The van der Waals surface area contributed by atoms with Crippen molar-refractivity contribution >= 4 is 5.82 Å². The lowest BCUT2D eigenvalue weighted by Gasteiger charge is -2.09. The Kier molecular flexibility index (Phi) is 5.78. The van der Waals surface area contributed by atoms with Gasteiger partial charge < -0.3 is 10.3 Å². The lowest BCUT2D eigenvalue weighted by molar-refractivity contribution is 0.506. The van der Waals surface area contributed by atoms with Crippen molar-refractivity contribution in [3.05, 3.63) is 30.9 Å². The topological polar surface area (TPSA) is 56.7 Å². The largest absolute Gasteiger partial charge is 0.384 e. The SMILES string of the molecule is CC(C)CCCCCCn1cncc1-c1ccnc(N)c1. The number of hydrogen-bond acceptors (Lipinski definition) is 3. The molecule has 0 fully saturated rings. The molecule has 2 heterocycles. The third-order valence-corrected chi connectivity index (χ3v) is 3.72. The summed E-state index contributed by atoms with van der Waals surface area (Å²) < 4.78 is 2.21. The molecule has 0 spiro atoms. The Labute approximate surface area is 127 Å². The second-order valence-electron chi connectivity index (χ2n) is 6.04. The van der Waals surface area contributed by atoms with Crippen molar-refractivity contribution in [2.45, 2.75) is 52.5 Å². The molecule has 21 heavy (non-hydrogen) atoms. The van der Waals surface area contributed by atoms with E-state index in [1.807, 2.05) is 24.7 Å². The van der Waals surface area contributed by atoms with Crippen LogP contribution in [0.4, 0.5) is 5.82 Å². The van der Waals surface area contributed by atoms with Gasteiger partial charge in [0.25, 0.3) is 0 Å². The molecule has 0 saturated heterocycles. The van der Waals surface area contributed by atoms with Crippen LogP contribution >= 0.6 is 0 Å². The number of anilines is 1. The number of nitrogens with two attached hydrogens (primary N) is 1. The van der Waals surface area contributed by atoms with Crippen molar-refractivity contribution in [1.29, 1.82) is 0 Å². The Morgan fingerprint density at radius 2 is 2.00 bits per heavy atom. The first-order valence-electron chi connectivity index (χ1n) is 7.89. The van der Waals surface area contributed by atoms with Crippen LogP contribution in [0.1, 0.15) is 46.0 Å². The minimum absolute atomic E-state index is 0.550. The van der Waals surface area contributed by atoms with Crippen LogP contribution in [0.5, 0.6) is 0 Å². The first kappa shape index (κ1) is 15.5. The van der Waals surface area contributed by atoms with Crippen molar-refractivity contribution in [2.24, 2.45) is 5.92 Å². The average Bonchev–Trinajstić information content (AvgIpc) is 2.91. The molecule has 0 aliphatic carbocycles. The highest BCUT2D eigenvalue weighted by molar-refractivity contribution is 5.61. The van der Waals surface area contributed by atoms with E-state index in [1.165, 1.54) is 32.1 Å². The summed E-state index contributed by atoms with van der Waals surface area (Å²) in [6.07, 6.45) is 12.0. The van der Waals surface area contributed by atoms with Gasteiger partial charge in [0.1, 0.15) is 5.82 Å². The summed E-state index contributed by atoms with van der Waals surface area (Å²) >= 11 is 0. The molecule has 0 aliphatic heterocycles. The lowest BCUT2D eigenvalue weighted by Crippen LogP contribution is -2.00. The third-order valence-electron chi connectivity index (χ3n) is 3.72. The van der Waals surface area contributed by atoms with Crippen molar-refractivity contribution in [2.75, 3.05) is 5.73 Å². The number of unbranched alkanes of at least 4 members (excludes halogenated alkanes) is 3. The van der Waals surface area contributed by atoms with Gasteiger partial charge in [-0.3, -0.25) is 0 Å². The molecular weight excluding hydrogens is 260 g/mol. The van der Waals surface area contributed by atoms with Crippen molar-refractivity contribution in [3.63, 3.8) is 0 Å². The van der Waals surface area contributed by atoms with Crippen LogP contribution in [0, 0.1) is 5.92 Å². The molecule has 2 rings (SSSR count). The van der Waals surface area contributed by atoms with Crippen molar-refractivity contribution in [1.82, 2.24) is 14.5 Å². The predicted octanol–water partition coefficient (Wildman–Crippen LogP) is 4.13. The Morgan fingerprint density at radius 1 is 1.19 bits per heavy atom. The zero-order chi connectivity index (χ0) is 15.1. The molecule has 0 atom stereocenters. The maximum Gasteiger partial charge on any atom is 0.123 e. The zero-order valence-corrected chi connectivity index (χ0v) is 13.1. The monoisotopic (exact) mass is 286 g/mol. The maximum atomic E-state index is 5.75. The second-order valence-corrected chi connectivity index (χ2v) is 6.04. The Morgan fingerprint density at radius 3 is 2.76 bits per heavy atom. The Balaban J connectivity index is 1.84. The van der Waals surface area contributed by atoms with Gasteiger partial charge in [-0.25, -0.2) is 9.97 Å². The summed E-state index contributed by atoms with van der Waals surface area (Å²) in [5, 5.41) is 0. The molecule has 0 aliphatic rings. The van der Waals surface area contributed by atoms with E-state index < -0.39 is 0 Å². The van der Waals surface area contributed by atoms with Gasteiger partial charge in [0.15, 0.2) is 0 Å². The number of pyridine rings is 1. The molecule has 2 N–H and O–H groups in total. The zero-order valence-electron chi connectivity index (χ0n) is 13.1. The van der Waals surface area contributed by atoms with Gasteiger partial charge in [-0.05, 0) is 24.5 Å². The molecule has 0 aromatic carbocycles. The van der Waals surface area contributed by atoms with E-state index in [-0.39, 0.29) is 0 Å². The van der Waals surface area contributed by atoms with Gasteiger partial charge in [0.05, 0.1) is 18.2 Å². The van der Waals surface area contributed by atoms with E-state index >= 15 is 0 Å². The van der Waals surface area contributed by atoms with Crippen molar-refractivity contribution in [3.8, 4) is 11.3 Å². The minimum atomic E-state index is 0.550. The molecule has 0 unspecified atom stereocenters. The van der Waals surface area contributed by atoms with Crippen LogP contribution in [-0.2, 0) is 6.54 Å². The number of aromatic nitrogens is 3. The highest BCUT2D eigenvalue weighted by atomic mass is 15.0. The number of nitrogen functional groups attached to an aromatic ring is 1. The molecular formula is C17H26N4. The molecule has 114 valence electrons. The van der Waals surface area contributed by atoms with E-state index in [0.29, 0.717) is 5.82 Å². The normalized spacial score (nSPS) is 11.2. The maximum absolute atomic E-state index is 5.75. The Hall–Kier alpha value is -1.84. The third kappa shape index (κ3) is 4.88. The molecule has 0 bridgehead atoms. The first-order chi connectivity index (χ1) is 10.2. The summed E-state index contributed by atoms with van der Waals surface area (Å²) in [5.74, 6) is 1.37. The molecule has 0 saturated carbocycles. The van der Waals surface area contributed by atoms with E-state index in [2.05, 4.69) is 28.4 Å². The number of nitrogens with zero attached hydrogens (tertiary/aromatic N) is 3. The van der Waals surface area contributed by atoms with Gasteiger partial charge >= 0.3 is 0 Å². The predicted molar refractivity (Wildman–Crippen MR) is 87.8 cm³/mol. The summed E-state index contributed by atoms with van der Waals surface area (Å²) in [6.45, 7) is 5.59. The van der Waals surface area contributed by atoms with Gasteiger partial charge in [0.2, 0.25) is 0 Å². The standard InChI is InChI=1S/C17H26N4/c1-14(2)7-5-3-4-6-10-21-13-19-12-16(21)15-8-9-20-17(18)11-15/h8-9,11-14H,3-7,10H2,1-2H3,(H2,18,20). The summed E-state index contributed by atoms with van der Waals surface area (Å²) in [7, 11) is 0. The average molecular weight is 286 g/mol. The second kappa shape index (κ2) is 7.81. The molecule has 0 radical (unpaired) electrons. The van der Waals surface area contributed by atoms with Crippen LogP contribution in [0.2, 0.25) is 0 Å². The van der Waals surface area contributed by atoms with Gasteiger partial charge in [-0.15, -0.1) is 0 Å². The fourth-order valence-electron chi connectivity index (χ4n) is 2.54. The number of aryl methyl sites for hydroxylation is 1. The van der Waals surface area contributed by atoms with E-state index in [4.69, 9.17) is 5.73 Å². The molecule has 4 nitrogen and oxygen atoms in total. The van der Waals surface area contributed by atoms with Gasteiger partial charge in [-0.1, -0.05) is 39.5 Å². The van der Waals surface area contributed by atoms with E-state index in [9.17, 15) is 0 Å². The summed E-state index contributed by atoms with van der Waals surface area (Å²) in [4.78, 5) is 8.31. The van der Waals surface area contributed by atoms with Crippen LogP contribution in [0.3, 0.4) is 0 Å². The fraction of sp³-hybridized carbons (Fsp3) is 0.529. The van der Waals surface area contributed by atoms with Crippen molar-refractivity contribution < 1.29 is 0 Å². The first-order valence-corrected chi connectivity index (χ1v) is 7.89. The molecule has 2 aromatic rings. The number of rotatable bonds is 8. The summed E-state index contributed by atoms with van der Waals surface area (Å²) in [5.41, 5.74) is 7.95. The lowest BCUT2D eigenvalue weighted by atomic mass is 10.0. The van der Waals surface area contributed by atoms with Crippen LogP contribution in [-0.4, -0.2) is 14.5 Å². The van der Waals surface area contributed by atoms with Crippen LogP contribution < -0.4 is 5.73 Å².